The fourth-order valence-corrected chi connectivity index (χ4v) is 5.47. The first-order valence-electron chi connectivity index (χ1n) is 10.4. The molecule has 1 aliphatic rings. The highest BCUT2D eigenvalue weighted by molar-refractivity contribution is 8.18. The van der Waals surface area contributed by atoms with Crippen molar-refractivity contribution in [1.29, 1.82) is 0 Å². The van der Waals surface area contributed by atoms with E-state index in [9.17, 15) is 13.2 Å². The van der Waals surface area contributed by atoms with Crippen LogP contribution in [0.1, 0.15) is 5.56 Å². The number of nitrogens with zero attached hydrogens (tertiary/aromatic N) is 2. The first-order chi connectivity index (χ1) is 16.9. The summed E-state index contributed by atoms with van der Waals surface area (Å²) in [7, 11) is -3.77. The van der Waals surface area contributed by atoms with Gasteiger partial charge in [0, 0.05) is 11.6 Å². The van der Waals surface area contributed by atoms with E-state index in [2.05, 4.69) is 20.0 Å². The monoisotopic (exact) mass is 520 g/mol. The van der Waals surface area contributed by atoms with Gasteiger partial charge in [-0.15, -0.1) is 0 Å². The van der Waals surface area contributed by atoms with Crippen LogP contribution in [0.4, 0.5) is 11.4 Å². The van der Waals surface area contributed by atoms with Gasteiger partial charge >= 0.3 is 0 Å². The number of fused-ring (bicyclic) bond motifs is 1. The summed E-state index contributed by atoms with van der Waals surface area (Å²) in [6.07, 6.45) is 3.51. The molecule has 3 aromatic carbocycles. The number of thioether (sulfide) groups is 1. The Morgan fingerprint density at radius 2 is 1.83 bits per heavy atom. The van der Waals surface area contributed by atoms with Crippen LogP contribution in [-0.4, -0.2) is 24.5 Å². The van der Waals surface area contributed by atoms with Crippen LogP contribution in [0.15, 0.2) is 99.9 Å². The Kier molecular flexibility index (Phi) is 6.29. The molecule has 2 N–H and O–H groups in total. The molecule has 4 aromatic rings. The van der Waals surface area contributed by atoms with E-state index in [0.29, 0.717) is 26.5 Å². The Hall–Kier alpha value is -3.66. The minimum absolute atomic E-state index is 0.140. The molecule has 0 atom stereocenters. The fraction of sp³-hybridized carbons (Fsp3) is 0. The lowest BCUT2D eigenvalue weighted by atomic mass is 10.1. The number of benzene rings is 3. The van der Waals surface area contributed by atoms with E-state index in [-0.39, 0.29) is 10.8 Å². The molecular formula is C25H17ClN4O3S2. The largest absolute Gasteiger partial charge is 0.300 e. The van der Waals surface area contributed by atoms with Crippen molar-refractivity contribution in [3.8, 4) is 0 Å². The van der Waals surface area contributed by atoms with E-state index in [1.807, 2.05) is 30.3 Å². The second-order valence-electron chi connectivity index (χ2n) is 7.52. The number of carbonyl (C=O) groups excluding carboxylic acids is 1. The number of aliphatic imine (C=N–C) groups is 1. The van der Waals surface area contributed by atoms with Crippen molar-refractivity contribution in [1.82, 2.24) is 10.3 Å². The van der Waals surface area contributed by atoms with Crippen LogP contribution in [0.25, 0.3) is 17.0 Å². The van der Waals surface area contributed by atoms with Gasteiger partial charge in [-0.25, -0.2) is 13.4 Å². The summed E-state index contributed by atoms with van der Waals surface area (Å²) in [5, 5.41) is 4.36. The number of anilines is 1. The lowest BCUT2D eigenvalue weighted by molar-refractivity contribution is -0.115. The third-order valence-corrected chi connectivity index (χ3v) is 7.68. The number of pyridine rings is 1. The maximum absolute atomic E-state index is 12.6. The Labute approximate surface area is 211 Å². The highest BCUT2D eigenvalue weighted by Gasteiger charge is 2.24. The molecule has 0 unspecified atom stereocenters. The average Bonchev–Trinajstić information content (AvgIpc) is 3.20. The normalized spacial score (nSPS) is 16.1. The van der Waals surface area contributed by atoms with E-state index in [4.69, 9.17) is 11.6 Å². The van der Waals surface area contributed by atoms with Gasteiger partial charge in [-0.1, -0.05) is 41.9 Å². The van der Waals surface area contributed by atoms with Gasteiger partial charge in [0.15, 0.2) is 5.17 Å². The van der Waals surface area contributed by atoms with Crippen molar-refractivity contribution in [3.63, 3.8) is 0 Å². The zero-order valence-electron chi connectivity index (χ0n) is 18.0. The Bertz CT molecular complexity index is 1620. The first kappa shape index (κ1) is 23.1. The maximum Gasteiger partial charge on any atom is 0.264 e. The zero-order chi connectivity index (χ0) is 24.4. The quantitative estimate of drug-likeness (QED) is 0.334. The Balaban J connectivity index is 1.38. The summed E-state index contributed by atoms with van der Waals surface area (Å²) < 4.78 is 27.8. The first-order valence-corrected chi connectivity index (χ1v) is 13.1. The highest BCUT2D eigenvalue weighted by atomic mass is 35.5. The molecule has 35 heavy (non-hydrogen) atoms. The average molecular weight is 521 g/mol. The molecule has 1 aliphatic heterocycles. The fourth-order valence-electron chi connectivity index (χ4n) is 3.40. The Morgan fingerprint density at radius 1 is 1.00 bits per heavy atom. The SMILES string of the molecule is O=C1NC(=Nc2cc(NS(=O)(=O)c3ccccc3)ccc2Cl)S/C1=C/c1ccc2ncccc2c1. The maximum atomic E-state index is 12.6. The number of hydrogen-bond donors (Lipinski definition) is 2. The molecular weight excluding hydrogens is 504 g/mol. The van der Waals surface area contributed by atoms with Gasteiger partial charge < -0.3 is 5.32 Å². The van der Waals surface area contributed by atoms with Crippen LogP contribution in [0.3, 0.4) is 0 Å². The summed E-state index contributed by atoms with van der Waals surface area (Å²) in [5.74, 6) is -0.280. The molecule has 2 heterocycles. The topological polar surface area (TPSA) is 101 Å². The van der Waals surface area contributed by atoms with Gasteiger partial charge in [-0.3, -0.25) is 14.5 Å². The molecule has 0 radical (unpaired) electrons. The standard InChI is InChI=1S/C25H17ClN4O3S2/c26-20-10-9-18(30-35(32,33)19-6-2-1-3-7-19)15-22(20)28-25-29-24(31)23(34-25)14-16-8-11-21-17(13-16)5-4-12-27-21/h1-15,30H,(H,28,29,31)/b23-14+. The van der Waals surface area contributed by atoms with Crippen LogP contribution in [0.5, 0.6) is 0 Å². The van der Waals surface area contributed by atoms with E-state index < -0.39 is 10.0 Å². The molecule has 7 nitrogen and oxygen atoms in total. The summed E-state index contributed by atoms with van der Waals surface area (Å²) in [6.45, 7) is 0. The number of amides is 1. The van der Waals surface area contributed by atoms with Crippen molar-refractivity contribution in [2.75, 3.05) is 4.72 Å². The summed E-state index contributed by atoms with van der Waals surface area (Å²) in [4.78, 5) is 21.9. The molecule has 1 amide bonds. The van der Waals surface area contributed by atoms with E-state index in [1.54, 1.807) is 42.6 Å². The van der Waals surface area contributed by atoms with E-state index in [1.165, 1.54) is 30.0 Å². The molecule has 1 aromatic heterocycles. The lowest BCUT2D eigenvalue weighted by Crippen LogP contribution is -2.19. The molecule has 0 saturated carbocycles. The number of halogens is 1. The highest BCUT2D eigenvalue weighted by Crippen LogP contribution is 2.33. The number of carbonyl (C=O) groups is 1. The van der Waals surface area contributed by atoms with Gasteiger partial charge in [-0.2, -0.15) is 0 Å². The smallest absolute Gasteiger partial charge is 0.264 e. The molecule has 5 rings (SSSR count). The lowest BCUT2D eigenvalue weighted by Gasteiger charge is -2.09. The third-order valence-electron chi connectivity index (χ3n) is 5.05. The predicted octanol–water partition coefficient (Wildman–Crippen LogP) is 5.58. The van der Waals surface area contributed by atoms with Gasteiger partial charge in [0.25, 0.3) is 15.9 Å². The van der Waals surface area contributed by atoms with Gasteiger partial charge in [-0.05, 0) is 71.9 Å². The van der Waals surface area contributed by atoms with Crippen molar-refractivity contribution >= 4 is 72.8 Å². The summed E-state index contributed by atoms with van der Waals surface area (Å²) >= 11 is 7.47. The predicted molar refractivity (Wildman–Crippen MR) is 141 cm³/mol. The number of hydrogen-bond acceptors (Lipinski definition) is 6. The van der Waals surface area contributed by atoms with Crippen LogP contribution in [0, 0.1) is 0 Å². The molecule has 1 fully saturated rings. The minimum atomic E-state index is -3.77. The summed E-state index contributed by atoms with van der Waals surface area (Å²) in [6, 6.07) is 22.2. The molecule has 0 spiro atoms. The number of nitrogens with one attached hydrogen (secondary N) is 2. The second-order valence-corrected chi connectivity index (χ2v) is 10.6. The van der Waals surface area contributed by atoms with Crippen LogP contribution in [0.2, 0.25) is 5.02 Å². The number of sulfonamides is 1. The summed E-state index contributed by atoms with van der Waals surface area (Å²) in [5.41, 5.74) is 2.35. The zero-order valence-corrected chi connectivity index (χ0v) is 20.4. The van der Waals surface area contributed by atoms with E-state index in [0.717, 1.165) is 16.5 Å². The molecule has 174 valence electrons. The molecule has 0 bridgehead atoms. The van der Waals surface area contributed by atoms with Crippen LogP contribution < -0.4 is 10.0 Å². The second kappa shape index (κ2) is 9.53. The van der Waals surface area contributed by atoms with Crippen molar-refractivity contribution < 1.29 is 13.2 Å². The molecule has 0 aliphatic carbocycles. The number of amidine groups is 1. The molecule has 1 saturated heterocycles. The minimum Gasteiger partial charge on any atom is -0.300 e. The third kappa shape index (κ3) is 5.22. The number of aromatic nitrogens is 1. The van der Waals surface area contributed by atoms with Gasteiger partial charge in [0.05, 0.1) is 31.7 Å². The Morgan fingerprint density at radius 3 is 2.66 bits per heavy atom. The van der Waals surface area contributed by atoms with Crippen molar-refractivity contribution in [2.45, 2.75) is 4.90 Å². The van der Waals surface area contributed by atoms with Gasteiger partial charge in [0.1, 0.15) is 0 Å². The van der Waals surface area contributed by atoms with Crippen molar-refractivity contribution in [3.05, 3.63) is 101 Å². The van der Waals surface area contributed by atoms with Crippen LogP contribution >= 0.6 is 23.4 Å². The molecule has 10 heteroatoms. The number of rotatable bonds is 5. The van der Waals surface area contributed by atoms with Crippen LogP contribution in [-0.2, 0) is 14.8 Å². The van der Waals surface area contributed by atoms with Crippen molar-refractivity contribution in [2.24, 2.45) is 4.99 Å². The van der Waals surface area contributed by atoms with Gasteiger partial charge in [0.2, 0.25) is 0 Å². The van der Waals surface area contributed by atoms with E-state index >= 15 is 0 Å².